The molecular formula is C17H17FN6. The number of halogens is 1. The summed E-state index contributed by atoms with van der Waals surface area (Å²) in [6.07, 6.45) is 6.33. The Labute approximate surface area is 138 Å². The van der Waals surface area contributed by atoms with E-state index in [1.165, 1.54) is 12.3 Å². The maximum Gasteiger partial charge on any atom is 0.132 e. The molecule has 24 heavy (non-hydrogen) atoms. The minimum absolute atomic E-state index is 0.260. The van der Waals surface area contributed by atoms with Crippen molar-refractivity contribution >= 4 is 23.4 Å². The van der Waals surface area contributed by atoms with E-state index >= 15 is 0 Å². The van der Waals surface area contributed by atoms with Gasteiger partial charge in [0.15, 0.2) is 0 Å². The zero-order valence-electron chi connectivity index (χ0n) is 13.1. The molecule has 2 aromatic heterocycles. The molecular weight excluding hydrogens is 307 g/mol. The Bertz CT molecular complexity index is 858. The summed E-state index contributed by atoms with van der Waals surface area (Å²) < 4.78 is 15.4. The van der Waals surface area contributed by atoms with Gasteiger partial charge in [0.1, 0.15) is 11.6 Å². The van der Waals surface area contributed by atoms with Crippen LogP contribution >= 0.6 is 0 Å². The predicted octanol–water partition coefficient (Wildman–Crippen LogP) is 3.31. The molecule has 7 heteroatoms. The van der Waals surface area contributed by atoms with Crippen LogP contribution in [0.15, 0.2) is 48.9 Å². The number of pyridine rings is 1. The quantitative estimate of drug-likeness (QED) is 0.608. The first-order valence-electron chi connectivity index (χ1n) is 7.39. The zero-order chi connectivity index (χ0) is 16.9. The third kappa shape index (κ3) is 3.57. The van der Waals surface area contributed by atoms with Gasteiger partial charge >= 0.3 is 0 Å². The molecule has 3 aromatic rings. The van der Waals surface area contributed by atoms with E-state index in [4.69, 9.17) is 5.41 Å². The van der Waals surface area contributed by atoms with Crippen LogP contribution in [0, 0.1) is 11.2 Å². The lowest BCUT2D eigenvalue weighted by molar-refractivity contribution is 0.613. The fourth-order valence-electron chi connectivity index (χ4n) is 2.27. The van der Waals surface area contributed by atoms with Crippen molar-refractivity contribution in [2.75, 3.05) is 10.6 Å². The van der Waals surface area contributed by atoms with E-state index in [1.54, 1.807) is 41.3 Å². The molecule has 1 aromatic carbocycles. The molecule has 0 bridgehead atoms. The van der Waals surface area contributed by atoms with Gasteiger partial charge in [-0.25, -0.2) is 9.37 Å². The standard InChI is InChI=1S/C17H17FN6/c1-24-11-14(10-22-24)23-17-6-16(13(7-19)9-21-17)20-8-12-4-2-3-5-15(12)18/h2-7,9-11,19H,8H2,1H3,(H2,20,21,23). The summed E-state index contributed by atoms with van der Waals surface area (Å²) in [4.78, 5) is 4.27. The number of rotatable bonds is 6. The molecule has 0 unspecified atom stereocenters. The van der Waals surface area contributed by atoms with Gasteiger partial charge in [0.05, 0.1) is 11.9 Å². The van der Waals surface area contributed by atoms with Gasteiger partial charge in [0.25, 0.3) is 0 Å². The molecule has 0 spiro atoms. The second-order valence-corrected chi connectivity index (χ2v) is 5.27. The Kier molecular flexibility index (Phi) is 4.51. The third-order valence-electron chi connectivity index (χ3n) is 3.49. The highest BCUT2D eigenvalue weighted by Crippen LogP contribution is 2.21. The van der Waals surface area contributed by atoms with Crippen molar-refractivity contribution in [2.24, 2.45) is 7.05 Å². The van der Waals surface area contributed by atoms with Crippen molar-refractivity contribution in [3.63, 3.8) is 0 Å². The van der Waals surface area contributed by atoms with Crippen molar-refractivity contribution in [2.45, 2.75) is 6.54 Å². The molecule has 0 amide bonds. The fraction of sp³-hybridized carbons (Fsp3) is 0.118. The average Bonchev–Trinajstić information content (AvgIpc) is 2.99. The second kappa shape index (κ2) is 6.91. The van der Waals surface area contributed by atoms with Crippen LogP contribution in [-0.4, -0.2) is 21.0 Å². The summed E-state index contributed by atoms with van der Waals surface area (Å²) in [6.45, 7) is 0.323. The molecule has 0 atom stereocenters. The van der Waals surface area contributed by atoms with Gasteiger partial charge in [0, 0.05) is 55.1 Å². The number of nitrogens with zero attached hydrogens (tertiary/aromatic N) is 3. The lowest BCUT2D eigenvalue weighted by atomic mass is 10.2. The third-order valence-corrected chi connectivity index (χ3v) is 3.49. The summed E-state index contributed by atoms with van der Waals surface area (Å²) in [5.74, 6) is 0.355. The van der Waals surface area contributed by atoms with Crippen LogP contribution in [-0.2, 0) is 13.6 Å². The van der Waals surface area contributed by atoms with Crippen LogP contribution in [0.3, 0.4) is 0 Å². The molecule has 0 saturated carbocycles. The number of aryl methyl sites for hydroxylation is 1. The smallest absolute Gasteiger partial charge is 0.132 e. The van der Waals surface area contributed by atoms with Gasteiger partial charge in [-0.3, -0.25) is 4.68 Å². The maximum absolute atomic E-state index is 13.7. The Balaban J connectivity index is 1.79. The summed E-state index contributed by atoms with van der Waals surface area (Å²) in [5, 5.41) is 17.9. The minimum atomic E-state index is -0.260. The van der Waals surface area contributed by atoms with Gasteiger partial charge in [-0.1, -0.05) is 18.2 Å². The van der Waals surface area contributed by atoms with Crippen LogP contribution in [0.4, 0.5) is 21.6 Å². The van der Waals surface area contributed by atoms with E-state index in [2.05, 4.69) is 20.7 Å². The lowest BCUT2D eigenvalue weighted by Crippen LogP contribution is -2.05. The monoisotopic (exact) mass is 324 g/mol. The first-order valence-corrected chi connectivity index (χ1v) is 7.39. The molecule has 0 aliphatic rings. The first kappa shape index (κ1) is 15.7. The molecule has 3 rings (SSSR count). The van der Waals surface area contributed by atoms with E-state index in [1.807, 2.05) is 13.2 Å². The Morgan fingerprint density at radius 2 is 2.12 bits per heavy atom. The number of anilines is 3. The van der Waals surface area contributed by atoms with Gasteiger partial charge < -0.3 is 16.0 Å². The molecule has 122 valence electrons. The average molecular weight is 324 g/mol. The van der Waals surface area contributed by atoms with Gasteiger partial charge in [-0.2, -0.15) is 5.10 Å². The predicted molar refractivity (Wildman–Crippen MR) is 92.3 cm³/mol. The summed E-state index contributed by atoms with van der Waals surface area (Å²) >= 11 is 0. The molecule has 6 nitrogen and oxygen atoms in total. The van der Waals surface area contributed by atoms with Crippen LogP contribution in [0.25, 0.3) is 0 Å². The number of benzene rings is 1. The van der Waals surface area contributed by atoms with E-state index < -0.39 is 0 Å². The lowest BCUT2D eigenvalue weighted by Gasteiger charge is -2.12. The normalized spacial score (nSPS) is 10.4. The van der Waals surface area contributed by atoms with Crippen LogP contribution in [0.5, 0.6) is 0 Å². The summed E-state index contributed by atoms with van der Waals surface area (Å²) in [5.41, 5.74) is 2.71. The van der Waals surface area contributed by atoms with Crippen molar-refractivity contribution in [3.8, 4) is 0 Å². The Morgan fingerprint density at radius 1 is 1.29 bits per heavy atom. The van der Waals surface area contributed by atoms with Crippen LogP contribution in [0.1, 0.15) is 11.1 Å². The molecule has 0 radical (unpaired) electrons. The Hall–Kier alpha value is -3.22. The minimum Gasteiger partial charge on any atom is -0.380 e. The fourth-order valence-corrected chi connectivity index (χ4v) is 2.27. The van der Waals surface area contributed by atoms with E-state index in [0.717, 1.165) is 5.69 Å². The molecule has 0 saturated heterocycles. The maximum atomic E-state index is 13.7. The molecule has 2 heterocycles. The van der Waals surface area contributed by atoms with Gasteiger partial charge in [-0.15, -0.1) is 0 Å². The molecule has 0 aliphatic heterocycles. The highest BCUT2D eigenvalue weighted by Gasteiger charge is 2.06. The van der Waals surface area contributed by atoms with E-state index in [-0.39, 0.29) is 5.82 Å². The molecule has 0 fully saturated rings. The number of nitrogens with one attached hydrogen (secondary N) is 3. The summed E-state index contributed by atoms with van der Waals surface area (Å²) in [6, 6.07) is 8.39. The largest absolute Gasteiger partial charge is 0.380 e. The van der Waals surface area contributed by atoms with Crippen LogP contribution in [0.2, 0.25) is 0 Å². The van der Waals surface area contributed by atoms with Crippen LogP contribution < -0.4 is 10.6 Å². The zero-order valence-corrected chi connectivity index (χ0v) is 13.1. The molecule has 0 aliphatic carbocycles. The van der Waals surface area contributed by atoms with Gasteiger partial charge in [-0.05, 0) is 6.07 Å². The number of hydrogen-bond acceptors (Lipinski definition) is 5. The highest BCUT2D eigenvalue weighted by molar-refractivity contribution is 5.86. The van der Waals surface area contributed by atoms with Crippen molar-refractivity contribution in [1.82, 2.24) is 14.8 Å². The molecule has 3 N–H and O–H groups in total. The van der Waals surface area contributed by atoms with Crippen molar-refractivity contribution in [3.05, 3.63) is 65.9 Å². The van der Waals surface area contributed by atoms with Crippen molar-refractivity contribution in [1.29, 1.82) is 5.41 Å². The highest BCUT2D eigenvalue weighted by atomic mass is 19.1. The van der Waals surface area contributed by atoms with Gasteiger partial charge in [0.2, 0.25) is 0 Å². The number of aromatic nitrogens is 3. The van der Waals surface area contributed by atoms with E-state index in [9.17, 15) is 4.39 Å². The Morgan fingerprint density at radius 3 is 2.83 bits per heavy atom. The first-order chi connectivity index (χ1) is 11.7. The topological polar surface area (TPSA) is 78.6 Å². The SMILES string of the molecule is Cn1cc(Nc2cc(NCc3ccccc3F)c(C=N)cn2)cn1. The van der Waals surface area contributed by atoms with Crippen molar-refractivity contribution < 1.29 is 4.39 Å². The van der Waals surface area contributed by atoms with E-state index in [0.29, 0.717) is 29.2 Å². The summed E-state index contributed by atoms with van der Waals surface area (Å²) in [7, 11) is 1.83. The number of hydrogen-bond donors (Lipinski definition) is 3. The second-order valence-electron chi connectivity index (χ2n) is 5.27.